The smallest absolute Gasteiger partial charge is 0.446 e. The lowest BCUT2D eigenvalue weighted by Crippen LogP contribution is -2.77. The summed E-state index contributed by atoms with van der Waals surface area (Å²) < 4.78 is 14.1. The summed E-state index contributed by atoms with van der Waals surface area (Å²) in [6.07, 6.45) is 6.94. The second kappa shape index (κ2) is 9.15. The quantitative estimate of drug-likeness (QED) is 0.189. The monoisotopic (exact) mass is 593 g/mol. The molecule has 0 fully saturated rings. The molecule has 0 saturated carbocycles. The number of nitrogens with zero attached hydrogens (tertiary/aromatic N) is 3. The van der Waals surface area contributed by atoms with Crippen LogP contribution in [0, 0.1) is 13.8 Å². The molecule has 0 aliphatic carbocycles. The Hall–Kier alpha value is -5.74. The van der Waals surface area contributed by atoms with E-state index in [0.717, 1.165) is 17.2 Å². The predicted molar refractivity (Wildman–Crippen MR) is 178 cm³/mol. The van der Waals surface area contributed by atoms with Crippen molar-refractivity contribution >= 4 is 0 Å². The minimum absolute atomic E-state index is 0.0689. The number of aryl methyl sites for hydroxylation is 2. The average molecular weight is 594 g/mol. The van der Waals surface area contributed by atoms with Gasteiger partial charge in [-0.3, -0.25) is 0 Å². The molecular weight excluding hydrogens is 562 g/mol. The van der Waals surface area contributed by atoms with Crippen LogP contribution in [0.2, 0.25) is 0 Å². The van der Waals surface area contributed by atoms with Crippen molar-refractivity contribution in [2.75, 3.05) is 0 Å². The highest BCUT2D eigenvalue weighted by atomic mass is 16.5. The first kappa shape index (κ1) is 25.6. The second-order valence-corrected chi connectivity index (χ2v) is 12.7. The van der Waals surface area contributed by atoms with Crippen LogP contribution in [0.3, 0.4) is 0 Å². The van der Waals surface area contributed by atoms with Crippen molar-refractivity contribution in [2.45, 2.75) is 25.4 Å². The summed E-state index contributed by atoms with van der Waals surface area (Å²) in [6.45, 7) is 4.48. The lowest BCUT2D eigenvalue weighted by atomic mass is 9.74. The van der Waals surface area contributed by atoms with Gasteiger partial charge in [0.15, 0.2) is 17.3 Å². The molecule has 0 saturated heterocycles. The number of ether oxygens (including phenoxy) is 1. The number of pyridine rings is 1. The molecule has 5 heterocycles. The first-order chi connectivity index (χ1) is 22.6. The highest BCUT2D eigenvalue weighted by Crippen LogP contribution is 2.55. The maximum absolute atomic E-state index is 6.78. The Morgan fingerprint density at radius 3 is 2.13 bits per heavy atom. The molecule has 0 N–H and O–H groups in total. The van der Waals surface area contributed by atoms with Gasteiger partial charge in [0, 0.05) is 12.1 Å². The number of aromatic nitrogens is 3. The van der Waals surface area contributed by atoms with Gasteiger partial charge in [-0.2, -0.15) is 0 Å². The summed E-state index contributed by atoms with van der Waals surface area (Å²) in [5.41, 5.74) is 14.2. The Bertz CT molecular complexity index is 2350. The zero-order valence-corrected chi connectivity index (χ0v) is 25.7. The highest BCUT2D eigenvalue weighted by Gasteiger charge is 2.71. The molecule has 2 unspecified atom stereocenters. The minimum Gasteiger partial charge on any atom is -0.455 e. The summed E-state index contributed by atoms with van der Waals surface area (Å²) in [4.78, 5) is 0. The van der Waals surface area contributed by atoms with E-state index in [-0.39, 0.29) is 5.92 Å². The van der Waals surface area contributed by atoms with Gasteiger partial charge >= 0.3 is 5.66 Å². The fourth-order valence-corrected chi connectivity index (χ4v) is 8.56. The number of hydrogen-bond donors (Lipinski definition) is 0. The van der Waals surface area contributed by atoms with E-state index in [1.165, 1.54) is 61.3 Å². The topological polar surface area (TPSA) is 21.9 Å². The number of benzene rings is 5. The highest BCUT2D eigenvalue weighted by molar-refractivity contribution is 5.77. The van der Waals surface area contributed by atoms with Gasteiger partial charge in [-0.25, -0.2) is 0 Å². The van der Waals surface area contributed by atoms with E-state index in [1.54, 1.807) is 0 Å². The Morgan fingerprint density at radius 2 is 1.35 bits per heavy atom. The van der Waals surface area contributed by atoms with Crippen molar-refractivity contribution in [3.05, 3.63) is 185 Å². The van der Waals surface area contributed by atoms with E-state index in [0.29, 0.717) is 0 Å². The van der Waals surface area contributed by atoms with E-state index >= 15 is 0 Å². The van der Waals surface area contributed by atoms with Crippen molar-refractivity contribution in [1.29, 1.82) is 0 Å². The van der Waals surface area contributed by atoms with Gasteiger partial charge in [0.25, 0.3) is 0 Å². The van der Waals surface area contributed by atoms with Gasteiger partial charge in [0.05, 0.1) is 17.7 Å². The largest absolute Gasteiger partial charge is 0.455 e. The van der Waals surface area contributed by atoms with E-state index in [4.69, 9.17) is 4.74 Å². The summed E-state index contributed by atoms with van der Waals surface area (Å²) >= 11 is 0. The fraction of sp³-hybridized carbons (Fsp3) is 0.0952. The van der Waals surface area contributed by atoms with Gasteiger partial charge in [0.1, 0.15) is 17.2 Å². The predicted octanol–water partition coefficient (Wildman–Crippen LogP) is 8.21. The van der Waals surface area contributed by atoms with Gasteiger partial charge in [0.2, 0.25) is 11.9 Å². The molecule has 3 aliphatic heterocycles. The van der Waals surface area contributed by atoms with Crippen LogP contribution in [0.15, 0.2) is 146 Å². The van der Waals surface area contributed by atoms with Gasteiger partial charge < -0.3 is 4.74 Å². The van der Waals surface area contributed by atoms with Crippen molar-refractivity contribution in [3.63, 3.8) is 0 Å². The Balaban J connectivity index is 1.27. The lowest BCUT2D eigenvalue weighted by Gasteiger charge is -2.35. The summed E-state index contributed by atoms with van der Waals surface area (Å²) in [7, 11) is 0. The van der Waals surface area contributed by atoms with Crippen LogP contribution in [-0.4, -0.2) is 4.68 Å². The second-order valence-electron chi connectivity index (χ2n) is 12.7. The van der Waals surface area contributed by atoms with Gasteiger partial charge in [-0.15, -0.1) is 9.25 Å². The third kappa shape index (κ3) is 3.18. The zero-order valence-electron chi connectivity index (χ0n) is 25.7. The standard InChI is InChI=1S/C42H31N3O/c1-27-23-31(29-13-5-3-6-14-29)24-28(2)38(27)32-25-44-35-19-12-21-37-41(35)42(45(44)26-32)40-33(17-11-20-36(40)46-37)39(30-15-7-4-8-16-30)34-18-9-10-22-43(34)42/h3-26,39H,1-2H3/q+2. The van der Waals surface area contributed by atoms with Gasteiger partial charge in [-0.05, 0) is 75.7 Å². The van der Waals surface area contributed by atoms with Crippen molar-refractivity contribution in [1.82, 2.24) is 4.68 Å². The molecule has 2 aromatic heterocycles. The van der Waals surface area contributed by atoms with Crippen molar-refractivity contribution in [3.8, 4) is 39.4 Å². The SMILES string of the molecule is Cc1cc(-c2ccccc2)cc(C)c1-c1cn2[n+](c1)C13c4c(cccc4C(c4ccccc4)c4cccc[n+]41)Oc1cccc-2c13. The Morgan fingerprint density at radius 1 is 0.652 bits per heavy atom. The Labute approximate surface area is 268 Å². The molecule has 4 heteroatoms. The molecule has 7 aromatic rings. The molecular formula is C42H31N3O+2. The average Bonchev–Trinajstić information content (AvgIpc) is 3.64. The minimum atomic E-state index is -0.651. The lowest BCUT2D eigenvalue weighted by molar-refractivity contribution is -0.999. The number of hydrogen-bond acceptors (Lipinski definition) is 1. The van der Waals surface area contributed by atoms with E-state index < -0.39 is 5.66 Å². The summed E-state index contributed by atoms with van der Waals surface area (Å²) in [6, 6.07) is 45.9. The number of rotatable bonds is 3. The van der Waals surface area contributed by atoms with Crippen molar-refractivity contribution in [2.24, 2.45) is 0 Å². The molecule has 218 valence electrons. The van der Waals surface area contributed by atoms with Crippen LogP contribution >= 0.6 is 0 Å². The van der Waals surface area contributed by atoms with Crippen LogP contribution in [0.5, 0.6) is 11.5 Å². The van der Waals surface area contributed by atoms with E-state index in [9.17, 15) is 0 Å². The van der Waals surface area contributed by atoms with Crippen LogP contribution < -0.4 is 14.0 Å². The van der Waals surface area contributed by atoms with Crippen LogP contribution in [0.4, 0.5) is 0 Å². The van der Waals surface area contributed by atoms with Crippen LogP contribution in [-0.2, 0) is 5.66 Å². The maximum Gasteiger partial charge on any atom is 0.446 e. The normalized spacial score (nSPS) is 17.8. The summed E-state index contributed by atoms with van der Waals surface area (Å²) in [5.74, 6) is 1.88. The molecule has 3 aliphatic rings. The maximum atomic E-state index is 6.78. The molecule has 0 amide bonds. The third-order valence-corrected chi connectivity index (χ3v) is 10.2. The molecule has 5 aromatic carbocycles. The number of fused-ring (bicyclic) bond motifs is 3. The first-order valence-electron chi connectivity index (χ1n) is 16.0. The zero-order chi connectivity index (χ0) is 30.6. The van der Waals surface area contributed by atoms with E-state index in [1.807, 2.05) is 0 Å². The fourth-order valence-electron chi connectivity index (χ4n) is 8.56. The molecule has 0 bridgehead atoms. The van der Waals surface area contributed by atoms with Crippen LogP contribution in [0.25, 0.3) is 27.9 Å². The summed E-state index contributed by atoms with van der Waals surface area (Å²) in [5, 5.41) is 0. The van der Waals surface area contributed by atoms with E-state index in [2.05, 4.69) is 174 Å². The molecule has 0 radical (unpaired) electrons. The molecule has 2 atom stereocenters. The van der Waals surface area contributed by atoms with Crippen LogP contribution in [0.1, 0.15) is 45.0 Å². The van der Waals surface area contributed by atoms with Crippen molar-refractivity contribution < 1.29 is 14.0 Å². The van der Waals surface area contributed by atoms with Gasteiger partial charge in [-0.1, -0.05) is 97.1 Å². The first-order valence-corrected chi connectivity index (χ1v) is 16.0. The Kier molecular flexibility index (Phi) is 5.09. The molecule has 10 rings (SSSR count). The molecule has 4 nitrogen and oxygen atoms in total. The third-order valence-electron chi connectivity index (χ3n) is 10.2. The molecule has 46 heavy (non-hydrogen) atoms. The molecule has 1 spiro atoms.